The van der Waals surface area contributed by atoms with Crippen molar-refractivity contribution in [1.29, 1.82) is 0 Å². The van der Waals surface area contributed by atoms with Gasteiger partial charge in [0, 0.05) is 55.4 Å². The molecule has 0 bridgehead atoms. The minimum absolute atomic E-state index is 0.430. The van der Waals surface area contributed by atoms with Crippen molar-refractivity contribution in [1.82, 2.24) is 25.5 Å². The lowest BCUT2D eigenvalue weighted by atomic mass is 10.1. The van der Waals surface area contributed by atoms with Crippen LogP contribution >= 0.6 is 0 Å². The molecule has 1 fully saturated rings. The Morgan fingerprint density at radius 3 is 2.65 bits per heavy atom. The summed E-state index contributed by atoms with van der Waals surface area (Å²) in [5, 5.41) is 11.8. The first-order valence-electron chi connectivity index (χ1n) is 9.01. The molecular formula is C20H22N6. The first-order chi connectivity index (χ1) is 12.9. The summed E-state index contributed by atoms with van der Waals surface area (Å²) < 4.78 is 0. The fourth-order valence-corrected chi connectivity index (χ4v) is 3.26. The number of hydrogen-bond donors (Lipinski definition) is 1. The van der Waals surface area contributed by atoms with Gasteiger partial charge >= 0.3 is 0 Å². The van der Waals surface area contributed by atoms with Crippen LogP contribution in [-0.2, 0) is 6.54 Å². The van der Waals surface area contributed by atoms with E-state index in [9.17, 15) is 0 Å². The highest BCUT2D eigenvalue weighted by Gasteiger charge is 2.20. The molecule has 1 saturated heterocycles. The van der Waals surface area contributed by atoms with E-state index in [0.29, 0.717) is 6.04 Å². The van der Waals surface area contributed by atoms with Crippen LogP contribution in [0.1, 0.15) is 18.4 Å². The maximum Gasteiger partial charge on any atom is 0.159 e. The summed E-state index contributed by atoms with van der Waals surface area (Å²) in [6, 6.07) is 14.4. The van der Waals surface area contributed by atoms with Crippen molar-refractivity contribution in [2.75, 3.05) is 18.0 Å². The molecular weight excluding hydrogens is 324 g/mol. The second-order valence-electron chi connectivity index (χ2n) is 6.53. The Kier molecular flexibility index (Phi) is 5.12. The molecule has 6 heteroatoms. The van der Waals surface area contributed by atoms with Gasteiger partial charge in [0.1, 0.15) is 0 Å². The number of benzene rings is 1. The average Bonchev–Trinajstić information content (AvgIpc) is 2.74. The number of nitrogens with one attached hydrogen (secondary N) is 1. The zero-order chi connectivity index (χ0) is 17.6. The largest absolute Gasteiger partial charge is 0.354 e. The Morgan fingerprint density at radius 2 is 1.88 bits per heavy atom. The lowest BCUT2D eigenvalue weighted by Crippen LogP contribution is -2.45. The van der Waals surface area contributed by atoms with Crippen molar-refractivity contribution in [2.24, 2.45) is 0 Å². The molecule has 0 spiro atoms. The van der Waals surface area contributed by atoms with Gasteiger partial charge in [0.25, 0.3) is 0 Å². The predicted octanol–water partition coefficient (Wildman–Crippen LogP) is 2.69. The summed E-state index contributed by atoms with van der Waals surface area (Å²) in [7, 11) is 0. The van der Waals surface area contributed by atoms with Crippen molar-refractivity contribution in [3.63, 3.8) is 0 Å². The summed E-state index contributed by atoms with van der Waals surface area (Å²) >= 11 is 0. The van der Waals surface area contributed by atoms with Gasteiger partial charge in [-0.3, -0.25) is 0 Å². The molecule has 132 valence electrons. The minimum atomic E-state index is 0.430. The van der Waals surface area contributed by atoms with Gasteiger partial charge in [-0.25, -0.2) is 9.97 Å². The van der Waals surface area contributed by atoms with Crippen LogP contribution in [0.2, 0.25) is 0 Å². The van der Waals surface area contributed by atoms with Crippen LogP contribution in [0.25, 0.3) is 11.4 Å². The number of aromatic nitrogens is 4. The third kappa shape index (κ3) is 4.03. The van der Waals surface area contributed by atoms with Gasteiger partial charge in [0.15, 0.2) is 11.6 Å². The van der Waals surface area contributed by atoms with Crippen molar-refractivity contribution in [3.8, 4) is 11.4 Å². The van der Waals surface area contributed by atoms with Crippen LogP contribution < -0.4 is 10.2 Å². The molecule has 1 unspecified atom stereocenters. The topological polar surface area (TPSA) is 66.8 Å². The first-order valence-corrected chi connectivity index (χ1v) is 9.01. The molecule has 1 aromatic carbocycles. The monoisotopic (exact) mass is 346 g/mol. The zero-order valence-corrected chi connectivity index (χ0v) is 14.6. The average molecular weight is 346 g/mol. The Bertz CT molecular complexity index is 807. The molecule has 1 aliphatic heterocycles. The Hall–Kier alpha value is -2.86. The highest BCUT2D eigenvalue weighted by molar-refractivity contribution is 5.53. The molecule has 2 aromatic heterocycles. The van der Waals surface area contributed by atoms with E-state index >= 15 is 0 Å². The van der Waals surface area contributed by atoms with Crippen LogP contribution in [-0.4, -0.2) is 39.3 Å². The van der Waals surface area contributed by atoms with Crippen LogP contribution in [0, 0.1) is 0 Å². The predicted molar refractivity (Wildman–Crippen MR) is 102 cm³/mol. The molecule has 3 aromatic rings. The van der Waals surface area contributed by atoms with E-state index in [1.54, 1.807) is 6.20 Å². The van der Waals surface area contributed by atoms with Gasteiger partial charge in [-0.05, 0) is 25.0 Å². The van der Waals surface area contributed by atoms with E-state index in [-0.39, 0.29) is 0 Å². The lowest BCUT2D eigenvalue weighted by Gasteiger charge is -2.33. The van der Waals surface area contributed by atoms with Crippen LogP contribution in [0.3, 0.4) is 0 Å². The molecule has 0 saturated carbocycles. The lowest BCUT2D eigenvalue weighted by molar-refractivity contribution is 0.419. The van der Waals surface area contributed by atoms with Crippen molar-refractivity contribution in [2.45, 2.75) is 25.4 Å². The quantitative estimate of drug-likeness (QED) is 0.766. The molecule has 6 nitrogen and oxygen atoms in total. The molecule has 1 aliphatic rings. The summed E-state index contributed by atoms with van der Waals surface area (Å²) in [5.74, 6) is 1.72. The third-order valence-electron chi connectivity index (χ3n) is 4.64. The summed E-state index contributed by atoms with van der Waals surface area (Å²) in [5.41, 5.74) is 2.14. The Balaban J connectivity index is 1.34. The van der Waals surface area contributed by atoms with Crippen molar-refractivity contribution in [3.05, 3.63) is 66.6 Å². The standard InChI is InChI=1S/C20H22N6/c1-2-6-17(7-3-1)20-22-13-16(14-23-20)12-21-18-8-5-11-26(15-18)19-9-4-10-24-25-19/h1-4,6-7,9-10,13-14,18,21H,5,8,11-12,15H2. The van der Waals surface area contributed by atoms with E-state index in [4.69, 9.17) is 0 Å². The zero-order valence-electron chi connectivity index (χ0n) is 14.6. The normalized spacial score (nSPS) is 17.2. The molecule has 3 heterocycles. The third-order valence-corrected chi connectivity index (χ3v) is 4.64. The highest BCUT2D eigenvalue weighted by Crippen LogP contribution is 2.17. The molecule has 1 atom stereocenters. The van der Waals surface area contributed by atoms with E-state index < -0.39 is 0 Å². The second-order valence-corrected chi connectivity index (χ2v) is 6.53. The SMILES string of the molecule is c1ccc(-c2ncc(CNC3CCCN(c4cccnn4)C3)cn2)cc1. The number of anilines is 1. The van der Waals surface area contributed by atoms with Crippen LogP contribution in [0.4, 0.5) is 5.82 Å². The highest BCUT2D eigenvalue weighted by atomic mass is 15.3. The van der Waals surface area contributed by atoms with E-state index in [0.717, 1.165) is 48.8 Å². The molecule has 0 radical (unpaired) electrons. The summed E-state index contributed by atoms with van der Waals surface area (Å²) in [6.45, 7) is 2.75. The fourth-order valence-electron chi connectivity index (χ4n) is 3.26. The summed E-state index contributed by atoms with van der Waals surface area (Å²) in [6.07, 6.45) is 7.84. The molecule has 0 aliphatic carbocycles. The Labute approximate surface area is 153 Å². The molecule has 26 heavy (non-hydrogen) atoms. The van der Waals surface area contributed by atoms with Gasteiger partial charge < -0.3 is 10.2 Å². The summed E-state index contributed by atoms with van der Waals surface area (Å²) in [4.78, 5) is 11.3. The number of rotatable bonds is 5. The van der Waals surface area contributed by atoms with Gasteiger partial charge in [-0.15, -0.1) is 5.10 Å². The van der Waals surface area contributed by atoms with E-state index in [1.807, 2.05) is 54.9 Å². The van der Waals surface area contributed by atoms with E-state index in [1.165, 1.54) is 6.42 Å². The van der Waals surface area contributed by atoms with Crippen LogP contribution in [0.15, 0.2) is 61.1 Å². The second kappa shape index (κ2) is 8.01. The van der Waals surface area contributed by atoms with Crippen LogP contribution in [0.5, 0.6) is 0 Å². The Morgan fingerprint density at radius 1 is 1.04 bits per heavy atom. The maximum atomic E-state index is 4.50. The fraction of sp³-hybridized carbons (Fsp3) is 0.300. The molecule has 1 N–H and O–H groups in total. The molecule has 0 amide bonds. The van der Waals surface area contributed by atoms with Gasteiger partial charge in [0.05, 0.1) is 0 Å². The minimum Gasteiger partial charge on any atom is -0.354 e. The first kappa shape index (κ1) is 16.6. The maximum absolute atomic E-state index is 4.50. The number of hydrogen-bond acceptors (Lipinski definition) is 6. The number of piperidine rings is 1. The van der Waals surface area contributed by atoms with Crippen molar-refractivity contribution < 1.29 is 0 Å². The van der Waals surface area contributed by atoms with E-state index in [2.05, 4.69) is 30.4 Å². The van der Waals surface area contributed by atoms with Gasteiger partial charge in [-0.1, -0.05) is 30.3 Å². The number of nitrogens with zero attached hydrogens (tertiary/aromatic N) is 5. The van der Waals surface area contributed by atoms with Crippen molar-refractivity contribution >= 4 is 5.82 Å². The smallest absolute Gasteiger partial charge is 0.159 e. The van der Waals surface area contributed by atoms with Gasteiger partial charge in [-0.2, -0.15) is 5.10 Å². The molecule has 4 rings (SSSR count). The van der Waals surface area contributed by atoms with Gasteiger partial charge in [0.2, 0.25) is 0 Å².